The number of nitrogens with one attached hydrogen (secondary N) is 1. The first-order valence-corrected chi connectivity index (χ1v) is 13.9. The highest BCUT2D eigenvalue weighted by atomic mass is 28.3. The number of benzene rings is 1. The fourth-order valence-corrected chi connectivity index (χ4v) is 3.32. The fraction of sp³-hybridized carbons (Fsp3) is 0.636. The normalized spacial score (nSPS) is 11.7. The molecule has 0 aliphatic rings. The van der Waals surface area contributed by atoms with Gasteiger partial charge in [0.15, 0.2) is 24.1 Å². The summed E-state index contributed by atoms with van der Waals surface area (Å²) in [5, 5.41) is 2.71. The Kier molecular flexibility index (Phi) is 9.84. The zero-order chi connectivity index (χ0) is 22.9. The van der Waals surface area contributed by atoms with Gasteiger partial charge in [-0.1, -0.05) is 19.6 Å². The SMILES string of the molecule is COc1cc(C(C)=O)c(CCNC(=O)OC(C)(C)C)cc1OCOCC[Si](C)(C)C. The number of carbonyl (C=O) groups is 2. The van der Waals surface area contributed by atoms with Crippen LogP contribution in [0.3, 0.4) is 0 Å². The summed E-state index contributed by atoms with van der Waals surface area (Å²) in [7, 11) is 0.369. The average molecular weight is 440 g/mol. The van der Waals surface area contributed by atoms with Crippen molar-refractivity contribution in [2.45, 2.75) is 65.4 Å². The van der Waals surface area contributed by atoms with Crippen LogP contribution in [-0.4, -0.2) is 52.6 Å². The highest BCUT2D eigenvalue weighted by molar-refractivity contribution is 6.76. The van der Waals surface area contributed by atoms with Gasteiger partial charge in [-0.15, -0.1) is 0 Å². The molecule has 7 nitrogen and oxygen atoms in total. The summed E-state index contributed by atoms with van der Waals surface area (Å²) in [5.41, 5.74) is 0.729. The third-order valence-corrected chi connectivity index (χ3v) is 5.83. The molecule has 0 heterocycles. The van der Waals surface area contributed by atoms with E-state index < -0.39 is 19.8 Å². The molecule has 0 unspecified atom stereocenters. The summed E-state index contributed by atoms with van der Waals surface area (Å²) in [6.07, 6.45) is -0.0435. The molecule has 0 aliphatic carbocycles. The Morgan fingerprint density at radius 3 is 2.30 bits per heavy atom. The van der Waals surface area contributed by atoms with Crippen molar-refractivity contribution in [3.8, 4) is 11.5 Å². The van der Waals surface area contributed by atoms with Gasteiger partial charge in [-0.25, -0.2) is 4.79 Å². The van der Waals surface area contributed by atoms with Gasteiger partial charge in [-0.05, 0) is 57.9 Å². The van der Waals surface area contributed by atoms with Crippen LogP contribution in [0.25, 0.3) is 0 Å². The quantitative estimate of drug-likeness (QED) is 0.234. The van der Waals surface area contributed by atoms with Crippen molar-refractivity contribution < 1.29 is 28.5 Å². The summed E-state index contributed by atoms with van der Waals surface area (Å²) in [5.74, 6) is 0.888. The standard InChI is InChI=1S/C22H37NO6Si/c1-16(24)18-14-19(26-5)20(28-15-27-11-12-30(6,7)8)13-17(18)9-10-23-21(25)29-22(2,3)4/h13-14H,9-12,15H2,1-8H3,(H,23,25). The van der Waals surface area contributed by atoms with E-state index in [0.29, 0.717) is 36.6 Å². The van der Waals surface area contributed by atoms with E-state index in [1.807, 2.05) is 0 Å². The van der Waals surface area contributed by atoms with Gasteiger partial charge in [-0.3, -0.25) is 4.79 Å². The number of amides is 1. The van der Waals surface area contributed by atoms with Gasteiger partial charge in [0.25, 0.3) is 0 Å². The van der Waals surface area contributed by atoms with Crippen molar-refractivity contribution in [1.82, 2.24) is 5.32 Å². The van der Waals surface area contributed by atoms with Crippen LogP contribution in [-0.2, 0) is 15.9 Å². The predicted molar refractivity (Wildman–Crippen MR) is 121 cm³/mol. The molecule has 0 aromatic heterocycles. The highest BCUT2D eigenvalue weighted by Crippen LogP contribution is 2.31. The van der Waals surface area contributed by atoms with Crippen molar-refractivity contribution in [1.29, 1.82) is 0 Å². The molecule has 0 atom stereocenters. The molecule has 0 aliphatic heterocycles. The summed E-state index contributed by atoms with van der Waals surface area (Å²) >= 11 is 0. The minimum atomic E-state index is -1.16. The second-order valence-corrected chi connectivity index (χ2v) is 15.0. The molecule has 0 saturated carbocycles. The number of ketones is 1. The molecule has 1 rings (SSSR count). The first-order chi connectivity index (χ1) is 13.8. The molecule has 1 N–H and O–H groups in total. The Labute approximate surface area is 181 Å². The lowest BCUT2D eigenvalue weighted by Crippen LogP contribution is -2.33. The summed E-state index contributed by atoms with van der Waals surface area (Å²) < 4.78 is 22.0. The van der Waals surface area contributed by atoms with E-state index in [9.17, 15) is 9.59 Å². The van der Waals surface area contributed by atoms with E-state index >= 15 is 0 Å². The van der Waals surface area contributed by atoms with Crippen LogP contribution in [0, 0.1) is 0 Å². The summed E-state index contributed by atoms with van der Waals surface area (Å²) in [6, 6.07) is 4.50. The Morgan fingerprint density at radius 1 is 1.10 bits per heavy atom. The topological polar surface area (TPSA) is 83.1 Å². The lowest BCUT2D eigenvalue weighted by molar-refractivity contribution is 0.0205. The van der Waals surface area contributed by atoms with Crippen LogP contribution in [0.5, 0.6) is 11.5 Å². The molecule has 1 aromatic rings. The van der Waals surface area contributed by atoms with Gasteiger partial charge in [-0.2, -0.15) is 0 Å². The van der Waals surface area contributed by atoms with E-state index in [2.05, 4.69) is 25.0 Å². The maximum absolute atomic E-state index is 12.1. The predicted octanol–water partition coefficient (Wildman–Crippen LogP) is 4.66. The monoisotopic (exact) mass is 439 g/mol. The molecular formula is C22H37NO6Si. The van der Waals surface area contributed by atoms with E-state index in [0.717, 1.165) is 11.6 Å². The minimum absolute atomic E-state index is 0.0847. The zero-order valence-electron chi connectivity index (χ0n) is 19.6. The molecule has 0 spiro atoms. The van der Waals surface area contributed by atoms with E-state index in [1.54, 1.807) is 32.9 Å². The summed E-state index contributed by atoms with van der Waals surface area (Å²) in [4.78, 5) is 23.9. The second kappa shape index (κ2) is 11.4. The molecule has 0 saturated heterocycles. The van der Waals surface area contributed by atoms with Crippen LogP contribution in [0.4, 0.5) is 4.79 Å². The molecule has 0 bridgehead atoms. The van der Waals surface area contributed by atoms with Crippen molar-refractivity contribution in [3.05, 3.63) is 23.3 Å². The third kappa shape index (κ3) is 10.1. The van der Waals surface area contributed by atoms with Gasteiger partial charge in [0, 0.05) is 26.8 Å². The fourth-order valence-electron chi connectivity index (χ4n) is 2.56. The lowest BCUT2D eigenvalue weighted by atomic mass is 10.0. The molecule has 170 valence electrons. The van der Waals surface area contributed by atoms with E-state index in [4.69, 9.17) is 18.9 Å². The maximum atomic E-state index is 12.1. The summed E-state index contributed by atoms with van der Waals surface area (Å²) in [6.45, 7) is 14.9. The Balaban J connectivity index is 2.80. The van der Waals surface area contributed by atoms with E-state index in [-0.39, 0.29) is 12.6 Å². The van der Waals surface area contributed by atoms with Gasteiger partial charge < -0.3 is 24.3 Å². The Bertz CT molecular complexity index is 722. The number of methoxy groups -OCH3 is 1. The largest absolute Gasteiger partial charge is 0.493 e. The van der Waals surface area contributed by atoms with Crippen LogP contribution < -0.4 is 14.8 Å². The molecular weight excluding hydrogens is 402 g/mol. The highest BCUT2D eigenvalue weighted by Gasteiger charge is 2.18. The van der Waals surface area contributed by atoms with Crippen molar-refractivity contribution in [3.63, 3.8) is 0 Å². The van der Waals surface area contributed by atoms with Crippen LogP contribution in [0.1, 0.15) is 43.6 Å². The molecule has 1 aromatic carbocycles. The van der Waals surface area contributed by atoms with Crippen LogP contribution >= 0.6 is 0 Å². The van der Waals surface area contributed by atoms with Gasteiger partial charge in [0.1, 0.15) is 5.60 Å². The van der Waals surface area contributed by atoms with Gasteiger partial charge in [0.2, 0.25) is 0 Å². The number of alkyl carbamates (subject to hydrolysis) is 1. The second-order valence-electron chi connectivity index (χ2n) is 9.38. The number of carbonyl (C=O) groups excluding carboxylic acids is 2. The molecule has 8 heteroatoms. The Hall–Kier alpha value is -2.06. The number of hydrogen-bond acceptors (Lipinski definition) is 6. The molecule has 1 amide bonds. The average Bonchev–Trinajstić information content (AvgIpc) is 2.58. The lowest BCUT2D eigenvalue weighted by Gasteiger charge is -2.20. The number of rotatable bonds is 11. The molecule has 0 radical (unpaired) electrons. The van der Waals surface area contributed by atoms with E-state index in [1.165, 1.54) is 14.0 Å². The van der Waals surface area contributed by atoms with Crippen molar-refractivity contribution >= 4 is 20.0 Å². The Morgan fingerprint density at radius 2 is 1.77 bits per heavy atom. The minimum Gasteiger partial charge on any atom is -0.493 e. The molecule has 0 fully saturated rings. The van der Waals surface area contributed by atoms with Crippen molar-refractivity contribution in [2.24, 2.45) is 0 Å². The number of ether oxygens (including phenoxy) is 4. The van der Waals surface area contributed by atoms with Crippen LogP contribution in [0.2, 0.25) is 25.7 Å². The molecule has 30 heavy (non-hydrogen) atoms. The number of hydrogen-bond donors (Lipinski definition) is 1. The van der Waals surface area contributed by atoms with Gasteiger partial charge >= 0.3 is 6.09 Å². The van der Waals surface area contributed by atoms with Crippen LogP contribution in [0.15, 0.2) is 12.1 Å². The third-order valence-electron chi connectivity index (χ3n) is 4.13. The van der Waals surface area contributed by atoms with Crippen molar-refractivity contribution in [2.75, 3.05) is 27.1 Å². The first-order valence-electron chi connectivity index (χ1n) is 10.2. The van der Waals surface area contributed by atoms with Gasteiger partial charge in [0.05, 0.1) is 7.11 Å². The first kappa shape index (κ1) is 26.0. The smallest absolute Gasteiger partial charge is 0.407 e. The zero-order valence-corrected chi connectivity index (χ0v) is 20.6. The number of Topliss-reactive ketones (excluding diaryl/α,β-unsaturated/α-hetero) is 1. The maximum Gasteiger partial charge on any atom is 0.407 e.